The summed E-state index contributed by atoms with van der Waals surface area (Å²) in [5.74, 6) is -2.31. The number of carbonyl (C=O) groups is 5. The summed E-state index contributed by atoms with van der Waals surface area (Å²) in [5, 5.41) is 12.2. The van der Waals surface area contributed by atoms with Crippen LogP contribution in [-0.2, 0) is 38.2 Å². The summed E-state index contributed by atoms with van der Waals surface area (Å²) >= 11 is 0. The Bertz CT molecular complexity index is 1240. The van der Waals surface area contributed by atoms with Crippen molar-refractivity contribution in [3.63, 3.8) is 0 Å². The molecule has 1 saturated heterocycles. The minimum Gasteiger partial charge on any atom is -0.379 e. The Kier molecular flexibility index (Phi) is 22.1. The molecule has 0 saturated carbocycles. The molecule has 0 bridgehead atoms. The number of rotatable bonds is 24. The Labute approximate surface area is 337 Å². The zero-order valence-corrected chi connectivity index (χ0v) is 37.5. The number of likely N-dealkylation sites (N-methyl/N-ethyl adjacent to an activating group) is 3. The highest BCUT2D eigenvalue weighted by Crippen LogP contribution is 2.31. The van der Waals surface area contributed by atoms with E-state index in [0.717, 1.165) is 19.3 Å². The third-order valence-electron chi connectivity index (χ3n) is 12.1. The van der Waals surface area contributed by atoms with Crippen LogP contribution in [0.4, 0.5) is 0 Å². The number of hydrogen-bond acceptors (Lipinski definition) is 10. The molecule has 0 unspecified atom stereocenters. The summed E-state index contributed by atoms with van der Waals surface area (Å²) in [6.07, 6.45) is 0.751. The number of likely N-dealkylation sites (tertiary alicyclic amines) is 1. The molecule has 0 spiro atoms. The highest BCUT2D eigenvalue weighted by Gasteiger charge is 2.45. The number of ether oxygens (including phenoxy) is 3. The van der Waals surface area contributed by atoms with E-state index in [1.165, 1.54) is 7.11 Å². The Morgan fingerprint density at radius 1 is 0.750 bits per heavy atom. The average molecular weight is 799 g/mol. The van der Waals surface area contributed by atoms with Gasteiger partial charge in [0.1, 0.15) is 6.04 Å². The summed E-state index contributed by atoms with van der Waals surface area (Å²) in [7, 11) is 11.7. The van der Waals surface area contributed by atoms with Crippen molar-refractivity contribution in [1.29, 1.82) is 0 Å². The molecule has 56 heavy (non-hydrogen) atoms. The van der Waals surface area contributed by atoms with Crippen LogP contribution in [0.5, 0.6) is 0 Å². The maximum absolute atomic E-state index is 14.3. The van der Waals surface area contributed by atoms with E-state index in [9.17, 15) is 29.2 Å². The number of methoxy groups -OCH3 is 3. The lowest BCUT2D eigenvalue weighted by atomic mass is 9.88. The third kappa shape index (κ3) is 13.1. The molecule has 0 aromatic rings. The van der Waals surface area contributed by atoms with E-state index in [1.54, 1.807) is 55.4 Å². The highest BCUT2D eigenvalue weighted by molar-refractivity contribution is 5.90. The van der Waals surface area contributed by atoms with E-state index >= 15 is 0 Å². The fourth-order valence-corrected chi connectivity index (χ4v) is 8.68. The number of nitrogens with zero attached hydrogens (tertiary/aromatic N) is 4. The normalized spacial score (nSPS) is 20.1. The maximum atomic E-state index is 14.3. The quantitative estimate of drug-likeness (QED) is 0.0972. The van der Waals surface area contributed by atoms with E-state index in [-0.39, 0.29) is 66.2 Å². The van der Waals surface area contributed by atoms with Crippen LogP contribution in [0.1, 0.15) is 101 Å². The minimum absolute atomic E-state index is 0.00553. The number of hydrogen-bond donors (Lipinski definition) is 3. The summed E-state index contributed by atoms with van der Waals surface area (Å²) < 4.78 is 17.7. The number of hydroxylamine groups is 1. The van der Waals surface area contributed by atoms with Crippen LogP contribution in [0.25, 0.3) is 0 Å². The molecule has 0 radical (unpaired) electrons. The standard InChI is InChI=1S/C41H78N6O9/c1-17-26(7)36(30(54-14)22-32(48)43-53)45(12)40(51)28(9)38(56-16)29-20-19-21-47(29)33(49)23-31(55-15)37(27(8)18-2)46(13)41(52)34(24(3)4)42-39(50)35(25(5)6)44(10)11/h24-31,34-38,53H,17-23H2,1-16H3,(H,42,50)(H,43,48)/t26-,27-,28+,29-,30+,31+,34-,35-,36-,37-,38+/m0/s1. The molecule has 15 heteroatoms. The Morgan fingerprint density at radius 3 is 1.66 bits per heavy atom. The van der Waals surface area contributed by atoms with Gasteiger partial charge in [0.2, 0.25) is 29.5 Å². The zero-order valence-electron chi connectivity index (χ0n) is 37.5. The van der Waals surface area contributed by atoms with Crippen molar-refractivity contribution in [2.75, 3.05) is 56.1 Å². The molecule has 15 nitrogen and oxygen atoms in total. The topological polar surface area (TPSA) is 170 Å². The molecule has 1 aliphatic heterocycles. The van der Waals surface area contributed by atoms with Gasteiger partial charge in [0.05, 0.1) is 61.2 Å². The molecule has 326 valence electrons. The number of nitrogens with one attached hydrogen (secondary N) is 2. The molecule has 0 aromatic heterocycles. The zero-order chi connectivity index (χ0) is 43.2. The van der Waals surface area contributed by atoms with Gasteiger partial charge in [-0.15, -0.1) is 0 Å². The first kappa shape index (κ1) is 51.2. The SMILES string of the molecule is CC[C@H](C)[C@@H]([C@@H](CC(=O)N1CCC[C@H]1[C@H](OC)[C@@H](C)C(=O)N(C)[C@@H]([C@@H](C)CC)[C@@H](CC(=O)NO)OC)OC)N(C)C(=O)[C@@H](NC(=O)[C@H](C(C)C)N(C)C)C(C)C. The lowest BCUT2D eigenvalue weighted by Gasteiger charge is -2.42. The lowest BCUT2D eigenvalue weighted by Crippen LogP contribution is -2.59. The van der Waals surface area contributed by atoms with Gasteiger partial charge >= 0.3 is 0 Å². The first-order chi connectivity index (χ1) is 26.2. The van der Waals surface area contributed by atoms with E-state index < -0.39 is 54.3 Å². The van der Waals surface area contributed by atoms with Gasteiger partial charge in [-0.1, -0.05) is 75.2 Å². The van der Waals surface area contributed by atoms with Gasteiger partial charge in [-0.05, 0) is 50.6 Å². The second kappa shape index (κ2) is 24.2. The molecule has 5 amide bonds. The van der Waals surface area contributed by atoms with Crippen LogP contribution in [0.3, 0.4) is 0 Å². The van der Waals surface area contributed by atoms with Gasteiger partial charge < -0.3 is 34.2 Å². The van der Waals surface area contributed by atoms with Gasteiger partial charge in [-0.2, -0.15) is 0 Å². The first-order valence-corrected chi connectivity index (χ1v) is 20.5. The van der Waals surface area contributed by atoms with Gasteiger partial charge in [-0.3, -0.25) is 34.1 Å². The summed E-state index contributed by atoms with van der Waals surface area (Å²) in [6.45, 7) is 18.1. The molecule has 0 aromatic carbocycles. The van der Waals surface area contributed by atoms with E-state index in [4.69, 9.17) is 14.2 Å². The van der Waals surface area contributed by atoms with Crippen molar-refractivity contribution >= 4 is 29.5 Å². The van der Waals surface area contributed by atoms with Gasteiger partial charge in [0.25, 0.3) is 0 Å². The Balaban J connectivity index is 3.38. The highest BCUT2D eigenvalue weighted by atomic mass is 16.5. The van der Waals surface area contributed by atoms with Crippen LogP contribution >= 0.6 is 0 Å². The molecule has 1 rings (SSSR count). The smallest absolute Gasteiger partial charge is 0.246 e. The predicted octanol–water partition coefficient (Wildman–Crippen LogP) is 3.42. The second-order valence-electron chi connectivity index (χ2n) is 16.8. The molecule has 1 aliphatic rings. The van der Waals surface area contributed by atoms with Crippen LogP contribution in [0, 0.1) is 29.6 Å². The van der Waals surface area contributed by atoms with Crippen molar-refractivity contribution in [3.8, 4) is 0 Å². The molecular weight excluding hydrogens is 720 g/mol. The first-order valence-electron chi connectivity index (χ1n) is 20.5. The maximum Gasteiger partial charge on any atom is 0.246 e. The lowest BCUT2D eigenvalue weighted by molar-refractivity contribution is -0.152. The summed E-state index contributed by atoms with van der Waals surface area (Å²) in [4.78, 5) is 75.3. The fourth-order valence-electron chi connectivity index (χ4n) is 8.68. The summed E-state index contributed by atoms with van der Waals surface area (Å²) in [6, 6.07) is -2.51. The van der Waals surface area contributed by atoms with Crippen molar-refractivity contribution in [2.45, 2.75) is 149 Å². The van der Waals surface area contributed by atoms with Crippen LogP contribution in [0.2, 0.25) is 0 Å². The van der Waals surface area contributed by atoms with E-state index in [0.29, 0.717) is 13.0 Å². The minimum atomic E-state index is -0.776. The third-order valence-corrected chi connectivity index (χ3v) is 12.1. The number of carbonyl (C=O) groups excluding carboxylic acids is 5. The van der Waals surface area contributed by atoms with Crippen molar-refractivity contribution in [3.05, 3.63) is 0 Å². The molecule has 3 N–H and O–H groups in total. The molecule has 1 fully saturated rings. The van der Waals surface area contributed by atoms with Crippen LogP contribution in [0.15, 0.2) is 0 Å². The van der Waals surface area contributed by atoms with Crippen molar-refractivity contribution in [2.24, 2.45) is 29.6 Å². The fraction of sp³-hybridized carbons (Fsp3) is 0.878. The van der Waals surface area contributed by atoms with E-state index in [1.807, 2.05) is 74.4 Å². The van der Waals surface area contributed by atoms with Gasteiger partial charge in [-0.25, -0.2) is 5.48 Å². The second-order valence-corrected chi connectivity index (χ2v) is 16.8. The van der Waals surface area contributed by atoms with Gasteiger partial charge in [0, 0.05) is 42.0 Å². The monoisotopic (exact) mass is 799 g/mol. The predicted molar refractivity (Wildman–Crippen MR) is 217 cm³/mol. The van der Waals surface area contributed by atoms with Crippen LogP contribution in [-0.4, -0.2) is 159 Å². The van der Waals surface area contributed by atoms with Crippen LogP contribution < -0.4 is 10.8 Å². The molecule has 11 atom stereocenters. The Morgan fingerprint density at radius 2 is 1.25 bits per heavy atom. The summed E-state index contributed by atoms with van der Waals surface area (Å²) in [5.41, 5.74) is 1.66. The number of amides is 5. The molecular formula is C41H78N6O9. The van der Waals surface area contributed by atoms with Crippen molar-refractivity contribution in [1.82, 2.24) is 30.4 Å². The molecule has 0 aliphatic carbocycles. The van der Waals surface area contributed by atoms with Gasteiger partial charge in [0.15, 0.2) is 0 Å². The average Bonchev–Trinajstić information content (AvgIpc) is 3.64. The molecule has 1 heterocycles. The van der Waals surface area contributed by atoms with Crippen molar-refractivity contribution < 1.29 is 43.4 Å². The van der Waals surface area contributed by atoms with E-state index in [2.05, 4.69) is 5.32 Å². The largest absolute Gasteiger partial charge is 0.379 e. The Hall–Kier alpha value is -2.85.